The van der Waals surface area contributed by atoms with Crippen LogP contribution in [0.2, 0.25) is 0 Å². The van der Waals surface area contributed by atoms with Crippen molar-refractivity contribution in [2.75, 3.05) is 13.2 Å². The van der Waals surface area contributed by atoms with Crippen LogP contribution in [-0.2, 0) is 9.47 Å². The maximum Gasteiger partial charge on any atom is 0.163 e. The van der Waals surface area contributed by atoms with Crippen molar-refractivity contribution in [2.24, 2.45) is 0 Å². The quantitative estimate of drug-likeness (QED) is 0.706. The van der Waals surface area contributed by atoms with E-state index in [9.17, 15) is 0 Å². The lowest BCUT2D eigenvalue weighted by atomic mass is 10.1. The van der Waals surface area contributed by atoms with E-state index in [1.807, 2.05) is 37.7 Å². The van der Waals surface area contributed by atoms with Crippen molar-refractivity contribution in [3.05, 3.63) is 18.0 Å². The molecule has 1 fully saturated rings. The van der Waals surface area contributed by atoms with Gasteiger partial charge in [0, 0.05) is 12.8 Å². The molecule has 0 amide bonds. The summed E-state index contributed by atoms with van der Waals surface area (Å²) in [5.74, 6) is -1.99. The van der Waals surface area contributed by atoms with Crippen molar-refractivity contribution in [1.29, 1.82) is 0 Å². The Labute approximate surface area is 137 Å². The van der Waals surface area contributed by atoms with Gasteiger partial charge in [0.1, 0.15) is 0 Å². The first kappa shape index (κ1) is 20.1. The zero-order chi connectivity index (χ0) is 17.7. The Hall–Kier alpha value is -0.990. The van der Waals surface area contributed by atoms with Crippen molar-refractivity contribution in [1.82, 2.24) is 9.78 Å². The van der Waals surface area contributed by atoms with E-state index in [0.29, 0.717) is 13.0 Å². The fraction of sp³-hybridized carbons (Fsp3) is 0.812. The number of aliphatic hydroxyl groups excluding tert-OH is 1. The predicted octanol–water partition coefficient (Wildman–Crippen LogP) is 1.36. The molecule has 1 aromatic rings. The fourth-order valence-corrected chi connectivity index (χ4v) is 2.33. The number of hydrogen-bond acceptors (Lipinski definition) is 6. The molecule has 0 radical (unpaired) electrons. The summed E-state index contributed by atoms with van der Waals surface area (Å²) in [6.07, 6.45) is 3.52. The standard InChI is InChI=1S/C13H22N2O3.C3H8O2/c1-10-4-6-15(14-10)11(5-7-16)8-12-9-17-13(2,3)18-12;1-3(2,4)5/h4,6,11-12,16H,5,7-9H2,1-3H3;4-5H,1-2H3. The van der Waals surface area contributed by atoms with E-state index >= 15 is 0 Å². The van der Waals surface area contributed by atoms with E-state index in [1.165, 1.54) is 13.8 Å². The van der Waals surface area contributed by atoms with E-state index < -0.39 is 11.6 Å². The molecule has 3 N–H and O–H groups in total. The first-order valence-electron chi connectivity index (χ1n) is 7.89. The van der Waals surface area contributed by atoms with E-state index in [1.54, 1.807) is 0 Å². The molecule has 2 rings (SSSR count). The highest BCUT2D eigenvalue weighted by atomic mass is 16.7. The molecule has 1 aliphatic heterocycles. The Balaban J connectivity index is 0.000000463. The lowest BCUT2D eigenvalue weighted by Gasteiger charge is -2.21. The molecular weight excluding hydrogens is 300 g/mol. The minimum Gasteiger partial charge on any atom is -0.396 e. The normalized spacial score (nSPS) is 21.7. The fourth-order valence-electron chi connectivity index (χ4n) is 2.33. The van der Waals surface area contributed by atoms with Gasteiger partial charge in [0.15, 0.2) is 11.6 Å². The van der Waals surface area contributed by atoms with Crippen LogP contribution in [0.3, 0.4) is 0 Å². The third-order valence-corrected chi connectivity index (χ3v) is 3.18. The van der Waals surface area contributed by atoms with Gasteiger partial charge in [-0.05, 0) is 53.5 Å². The molecule has 0 saturated carbocycles. The van der Waals surface area contributed by atoms with Gasteiger partial charge in [-0.3, -0.25) is 4.68 Å². The Morgan fingerprint density at radius 1 is 1.43 bits per heavy atom. The average molecular weight is 330 g/mol. The first-order valence-corrected chi connectivity index (χ1v) is 7.89. The van der Waals surface area contributed by atoms with E-state index in [0.717, 1.165) is 12.1 Å². The summed E-state index contributed by atoms with van der Waals surface area (Å²) in [5.41, 5.74) is 0.988. The van der Waals surface area contributed by atoms with Crippen LogP contribution in [0, 0.1) is 6.92 Å². The Kier molecular flexibility index (Phi) is 7.16. The zero-order valence-electron chi connectivity index (χ0n) is 14.7. The number of rotatable bonds is 5. The highest BCUT2D eigenvalue weighted by molar-refractivity contribution is 4.96. The average Bonchev–Trinajstić information content (AvgIpc) is 2.93. The summed E-state index contributed by atoms with van der Waals surface area (Å²) in [5, 5.41) is 29.7. The zero-order valence-corrected chi connectivity index (χ0v) is 14.7. The van der Waals surface area contributed by atoms with Gasteiger partial charge in [-0.2, -0.15) is 5.10 Å². The maximum atomic E-state index is 9.17. The smallest absolute Gasteiger partial charge is 0.163 e. The van der Waals surface area contributed by atoms with Crippen LogP contribution < -0.4 is 0 Å². The summed E-state index contributed by atoms with van der Waals surface area (Å²) < 4.78 is 13.3. The van der Waals surface area contributed by atoms with Crippen LogP contribution in [0.4, 0.5) is 0 Å². The van der Waals surface area contributed by atoms with Crippen molar-refractivity contribution in [3.8, 4) is 0 Å². The highest BCUT2D eigenvalue weighted by Gasteiger charge is 2.34. The second kappa shape index (κ2) is 8.21. The Morgan fingerprint density at radius 2 is 2.04 bits per heavy atom. The van der Waals surface area contributed by atoms with E-state index in [-0.39, 0.29) is 18.8 Å². The lowest BCUT2D eigenvalue weighted by Crippen LogP contribution is -2.24. The molecule has 1 saturated heterocycles. The SMILES string of the molecule is CC(C)(O)O.Cc1ccn(C(CCO)CC2COC(C)(C)O2)n1. The molecule has 0 spiro atoms. The number of ether oxygens (including phenoxy) is 2. The monoisotopic (exact) mass is 330 g/mol. The summed E-state index contributed by atoms with van der Waals surface area (Å²) >= 11 is 0. The van der Waals surface area contributed by atoms with Gasteiger partial charge < -0.3 is 24.8 Å². The van der Waals surface area contributed by atoms with Gasteiger partial charge in [0.05, 0.1) is 24.4 Å². The topological polar surface area (TPSA) is 97.0 Å². The second-order valence-electron chi connectivity index (χ2n) is 6.78. The number of aromatic nitrogens is 2. The molecule has 134 valence electrons. The summed E-state index contributed by atoms with van der Waals surface area (Å²) in [7, 11) is 0. The van der Waals surface area contributed by atoms with Gasteiger partial charge in [0.25, 0.3) is 0 Å². The van der Waals surface area contributed by atoms with Gasteiger partial charge in [0.2, 0.25) is 0 Å². The molecule has 2 atom stereocenters. The molecule has 0 bridgehead atoms. The second-order valence-corrected chi connectivity index (χ2v) is 6.78. The molecule has 2 unspecified atom stereocenters. The van der Waals surface area contributed by atoms with Crippen LogP contribution in [-0.4, -0.2) is 56.0 Å². The number of aliphatic hydroxyl groups is 3. The largest absolute Gasteiger partial charge is 0.396 e. The van der Waals surface area contributed by atoms with Crippen LogP contribution in [0.1, 0.15) is 52.3 Å². The Morgan fingerprint density at radius 3 is 2.43 bits per heavy atom. The van der Waals surface area contributed by atoms with E-state index in [2.05, 4.69) is 5.10 Å². The van der Waals surface area contributed by atoms with Crippen LogP contribution in [0.25, 0.3) is 0 Å². The van der Waals surface area contributed by atoms with Crippen LogP contribution >= 0.6 is 0 Å². The predicted molar refractivity (Wildman–Crippen MR) is 85.7 cm³/mol. The minimum absolute atomic E-state index is 0.0704. The van der Waals surface area contributed by atoms with Crippen molar-refractivity contribution in [3.63, 3.8) is 0 Å². The van der Waals surface area contributed by atoms with Gasteiger partial charge in [-0.15, -0.1) is 0 Å². The van der Waals surface area contributed by atoms with Crippen LogP contribution in [0.15, 0.2) is 12.3 Å². The summed E-state index contributed by atoms with van der Waals surface area (Å²) in [6.45, 7) is 9.17. The molecule has 7 heteroatoms. The van der Waals surface area contributed by atoms with Gasteiger partial charge in [-0.25, -0.2) is 0 Å². The number of aryl methyl sites for hydroxylation is 1. The number of hydrogen-bond donors (Lipinski definition) is 3. The van der Waals surface area contributed by atoms with Gasteiger partial charge in [-0.1, -0.05) is 0 Å². The molecule has 7 nitrogen and oxygen atoms in total. The molecule has 2 heterocycles. The van der Waals surface area contributed by atoms with Crippen molar-refractivity contribution in [2.45, 2.75) is 71.2 Å². The lowest BCUT2D eigenvalue weighted by molar-refractivity contribution is -0.140. The summed E-state index contributed by atoms with van der Waals surface area (Å²) in [4.78, 5) is 0. The molecule has 0 aliphatic carbocycles. The number of nitrogens with zero attached hydrogens (tertiary/aromatic N) is 2. The van der Waals surface area contributed by atoms with Crippen molar-refractivity contribution < 1.29 is 24.8 Å². The highest BCUT2D eigenvalue weighted by Crippen LogP contribution is 2.28. The maximum absolute atomic E-state index is 9.17. The van der Waals surface area contributed by atoms with Gasteiger partial charge >= 0.3 is 0 Å². The minimum atomic E-state index is -1.50. The van der Waals surface area contributed by atoms with E-state index in [4.69, 9.17) is 24.8 Å². The van der Waals surface area contributed by atoms with Crippen LogP contribution in [0.5, 0.6) is 0 Å². The first-order chi connectivity index (χ1) is 10.5. The molecule has 1 aliphatic rings. The molecule has 23 heavy (non-hydrogen) atoms. The third-order valence-electron chi connectivity index (χ3n) is 3.18. The summed E-state index contributed by atoms with van der Waals surface area (Å²) in [6, 6.07) is 2.13. The molecular formula is C16H30N2O5. The Bertz CT molecular complexity index is 461. The van der Waals surface area contributed by atoms with Crippen molar-refractivity contribution >= 4 is 0 Å². The molecule has 0 aromatic carbocycles. The third kappa shape index (κ3) is 8.43. The molecule has 1 aromatic heterocycles.